The van der Waals surface area contributed by atoms with Crippen molar-refractivity contribution in [1.29, 1.82) is 0 Å². The van der Waals surface area contributed by atoms with Gasteiger partial charge in [0, 0.05) is 42.7 Å². The number of likely N-dealkylation sites (tertiary alicyclic amines) is 1. The highest BCUT2D eigenvalue weighted by Crippen LogP contribution is 2.30. The van der Waals surface area contributed by atoms with Crippen molar-refractivity contribution in [2.45, 2.75) is 25.4 Å². The highest BCUT2D eigenvalue weighted by atomic mass is 35.5. The lowest BCUT2D eigenvalue weighted by Gasteiger charge is -2.38. The second kappa shape index (κ2) is 15.1. The molecular formula is C33H35ClFN5O5S. The Morgan fingerprint density at radius 2 is 1.57 bits per heavy atom. The Bertz CT molecular complexity index is 1750. The van der Waals surface area contributed by atoms with E-state index in [0.717, 1.165) is 43.4 Å². The molecule has 4 aromatic rings. The van der Waals surface area contributed by atoms with Crippen molar-refractivity contribution < 1.29 is 27.1 Å². The zero-order valence-electron chi connectivity index (χ0n) is 25.1. The molecule has 0 atom stereocenters. The molecular weight excluding hydrogens is 633 g/mol. The van der Waals surface area contributed by atoms with Gasteiger partial charge in [0.2, 0.25) is 10.0 Å². The fourth-order valence-corrected chi connectivity index (χ4v) is 5.83. The van der Waals surface area contributed by atoms with Crippen LogP contribution in [0.15, 0.2) is 97.1 Å². The minimum Gasteiger partial charge on any atom is -0.457 e. The van der Waals surface area contributed by atoms with Crippen LogP contribution in [0.4, 0.5) is 26.2 Å². The van der Waals surface area contributed by atoms with E-state index in [-0.39, 0.29) is 47.3 Å². The summed E-state index contributed by atoms with van der Waals surface area (Å²) in [6, 6.07) is 26.8. The van der Waals surface area contributed by atoms with E-state index in [1.807, 2.05) is 42.5 Å². The molecule has 242 valence electrons. The Balaban J connectivity index is 0.00000480. The van der Waals surface area contributed by atoms with Crippen LogP contribution >= 0.6 is 12.4 Å². The molecule has 1 saturated heterocycles. The lowest BCUT2D eigenvalue weighted by atomic mass is 10.0. The van der Waals surface area contributed by atoms with Crippen molar-refractivity contribution in [1.82, 2.24) is 4.90 Å². The van der Waals surface area contributed by atoms with Crippen molar-refractivity contribution >= 4 is 51.4 Å². The van der Waals surface area contributed by atoms with Gasteiger partial charge in [-0.2, -0.15) is 0 Å². The van der Waals surface area contributed by atoms with Crippen LogP contribution in [-0.4, -0.2) is 50.6 Å². The van der Waals surface area contributed by atoms with Crippen LogP contribution in [0.1, 0.15) is 28.8 Å². The van der Waals surface area contributed by atoms with Gasteiger partial charge < -0.3 is 15.8 Å². The number of nitrogens with one attached hydrogen (secondary N) is 2. The summed E-state index contributed by atoms with van der Waals surface area (Å²) in [5.41, 5.74) is 8.15. The largest absolute Gasteiger partial charge is 0.457 e. The fourth-order valence-electron chi connectivity index (χ4n) is 5.27. The van der Waals surface area contributed by atoms with Gasteiger partial charge in [-0.15, -0.1) is 12.4 Å². The molecule has 5 rings (SSSR count). The Labute approximate surface area is 273 Å². The second-order valence-electron chi connectivity index (χ2n) is 10.8. The summed E-state index contributed by atoms with van der Waals surface area (Å²) in [7, 11) is -3.52. The zero-order chi connectivity index (χ0) is 32.0. The van der Waals surface area contributed by atoms with E-state index in [0.29, 0.717) is 18.0 Å². The second-order valence-corrected chi connectivity index (χ2v) is 12.6. The van der Waals surface area contributed by atoms with E-state index in [1.165, 1.54) is 30.3 Å². The zero-order valence-corrected chi connectivity index (χ0v) is 26.7. The molecule has 46 heavy (non-hydrogen) atoms. The Hall–Kier alpha value is -4.65. The highest BCUT2D eigenvalue weighted by Gasteiger charge is 2.29. The Kier molecular flexibility index (Phi) is 11.2. The number of sulfonamides is 1. The third kappa shape index (κ3) is 9.19. The van der Waals surface area contributed by atoms with Crippen molar-refractivity contribution in [3.8, 4) is 11.5 Å². The molecule has 0 radical (unpaired) electrons. The number of benzene rings is 4. The number of hydrogen-bond donors (Lipinski definition) is 3. The summed E-state index contributed by atoms with van der Waals surface area (Å²) in [5.74, 6) is -0.408. The maximum absolute atomic E-state index is 13.4. The van der Waals surface area contributed by atoms with E-state index >= 15 is 0 Å². The number of para-hydroxylation sites is 1. The van der Waals surface area contributed by atoms with Gasteiger partial charge in [0.05, 0.1) is 11.8 Å². The fraction of sp³-hybridized carbons (Fsp3) is 0.212. The number of piperidine rings is 1. The molecule has 1 heterocycles. The number of nitrogens with two attached hydrogens (primary N) is 1. The first-order valence-corrected chi connectivity index (χ1v) is 16.2. The van der Waals surface area contributed by atoms with Gasteiger partial charge in [-0.05, 0) is 85.1 Å². The minimum atomic E-state index is -3.52. The molecule has 0 aromatic heterocycles. The molecule has 1 aliphatic rings. The number of rotatable bonds is 10. The normalized spacial score (nSPS) is 13.7. The molecule has 4 aromatic carbocycles. The summed E-state index contributed by atoms with van der Waals surface area (Å²) in [6.45, 7) is 2.27. The number of primary amides is 1. The van der Waals surface area contributed by atoms with E-state index in [2.05, 4.69) is 14.9 Å². The van der Waals surface area contributed by atoms with Crippen molar-refractivity contribution in [2.75, 3.05) is 34.3 Å². The Morgan fingerprint density at radius 1 is 0.935 bits per heavy atom. The number of hydrogen-bond acceptors (Lipinski definition) is 6. The molecule has 1 fully saturated rings. The summed E-state index contributed by atoms with van der Waals surface area (Å²) < 4.78 is 44.7. The predicted molar refractivity (Wildman–Crippen MR) is 180 cm³/mol. The number of carbonyl (C=O) groups is 2. The first kappa shape index (κ1) is 34.2. The van der Waals surface area contributed by atoms with Crippen molar-refractivity contribution in [3.63, 3.8) is 0 Å². The predicted octanol–water partition coefficient (Wildman–Crippen LogP) is 6.21. The summed E-state index contributed by atoms with van der Waals surface area (Å²) >= 11 is 0. The Morgan fingerprint density at radius 3 is 2.17 bits per heavy atom. The SMILES string of the molecule is CS(=O)(=O)Nc1ccc(Oc2ccc(CN3CCC(N(C(=O)Nc4ccc(F)cc4)c4ccccc4)CC3)cc2)c(C(N)=O)c1.Cl. The number of nitrogens with zero attached hydrogens (tertiary/aromatic N) is 2. The first-order valence-electron chi connectivity index (χ1n) is 14.4. The van der Waals surface area contributed by atoms with Crippen molar-refractivity contribution in [2.24, 2.45) is 5.73 Å². The van der Waals surface area contributed by atoms with Crippen LogP contribution < -0.4 is 25.4 Å². The van der Waals surface area contributed by atoms with E-state index < -0.39 is 15.9 Å². The van der Waals surface area contributed by atoms with Crippen LogP contribution in [0.2, 0.25) is 0 Å². The van der Waals surface area contributed by atoms with Crippen LogP contribution in [0.5, 0.6) is 11.5 Å². The molecule has 0 unspecified atom stereocenters. The van der Waals surface area contributed by atoms with Gasteiger partial charge in [-0.25, -0.2) is 17.6 Å². The standard InChI is InChI=1S/C33H34FN5O5S.ClH/c1-45(42,43)37-26-13-16-31(30(21-26)32(35)40)44-29-14-7-23(8-15-29)22-38-19-17-28(18-20-38)39(27-5-3-2-4-6-27)33(41)36-25-11-9-24(34)10-12-25;/h2-16,21,28,37H,17-20,22H2,1H3,(H2,35,40)(H,36,41);1H. The molecule has 13 heteroatoms. The van der Waals surface area contributed by atoms with Crippen LogP contribution in [0, 0.1) is 5.82 Å². The third-order valence-electron chi connectivity index (χ3n) is 7.38. The maximum Gasteiger partial charge on any atom is 0.326 e. The van der Waals surface area contributed by atoms with Crippen LogP contribution in [0.3, 0.4) is 0 Å². The van der Waals surface area contributed by atoms with Gasteiger partial charge in [0.1, 0.15) is 17.3 Å². The van der Waals surface area contributed by atoms with E-state index in [4.69, 9.17) is 10.5 Å². The maximum atomic E-state index is 13.4. The first-order chi connectivity index (χ1) is 21.5. The van der Waals surface area contributed by atoms with Gasteiger partial charge in [-0.1, -0.05) is 30.3 Å². The number of carbonyl (C=O) groups excluding carboxylic acids is 2. The minimum absolute atomic E-state index is 0. The lowest BCUT2D eigenvalue weighted by Crippen LogP contribution is -2.49. The lowest BCUT2D eigenvalue weighted by molar-refractivity contribution is 0.0998. The quantitative estimate of drug-likeness (QED) is 0.184. The number of anilines is 3. The molecule has 10 nitrogen and oxygen atoms in total. The third-order valence-corrected chi connectivity index (χ3v) is 7.98. The van der Waals surface area contributed by atoms with Crippen molar-refractivity contribution in [3.05, 3.63) is 114 Å². The molecule has 0 aliphatic carbocycles. The molecule has 4 N–H and O–H groups in total. The van der Waals surface area contributed by atoms with E-state index in [1.54, 1.807) is 29.2 Å². The smallest absolute Gasteiger partial charge is 0.326 e. The molecule has 0 saturated carbocycles. The van der Waals surface area contributed by atoms with Gasteiger partial charge in [-0.3, -0.25) is 19.3 Å². The van der Waals surface area contributed by atoms with Gasteiger partial charge >= 0.3 is 6.03 Å². The monoisotopic (exact) mass is 667 g/mol. The van der Waals surface area contributed by atoms with Crippen LogP contribution in [0.25, 0.3) is 0 Å². The van der Waals surface area contributed by atoms with E-state index in [9.17, 15) is 22.4 Å². The van der Waals surface area contributed by atoms with Gasteiger partial charge in [0.15, 0.2) is 0 Å². The summed E-state index contributed by atoms with van der Waals surface area (Å²) in [6.07, 6.45) is 2.56. The summed E-state index contributed by atoms with van der Waals surface area (Å²) in [5, 5.41) is 2.90. The number of amides is 3. The molecule has 1 aliphatic heterocycles. The molecule has 0 bridgehead atoms. The summed E-state index contributed by atoms with van der Waals surface area (Å²) in [4.78, 5) is 29.5. The number of halogens is 2. The van der Waals surface area contributed by atoms with Crippen LogP contribution in [-0.2, 0) is 16.6 Å². The average Bonchev–Trinajstić information content (AvgIpc) is 3.01. The average molecular weight is 668 g/mol. The topological polar surface area (TPSA) is 134 Å². The van der Waals surface area contributed by atoms with Gasteiger partial charge in [0.25, 0.3) is 5.91 Å². The number of urea groups is 1. The molecule has 0 spiro atoms. The highest BCUT2D eigenvalue weighted by molar-refractivity contribution is 7.92. The molecule has 3 amide bonds. The number of ether oxygens (including phenoxy) is 1.